The smallest absolute Gasteiger partial charge is 0.222 e. The van der Waals surface area contributed by atoms with E-state index < -0.39 is 0 Å². The Bertz CT molecular complexity index is 153. The van der Waals surface area contributed by atoms with Crippen molar-refractivity contribution in [2.75, 3.05) is 20.2 Å². The van der Waals surface area contributed by atoms with E-state index in [-0.39, 0.29) is 12.0 Å². The van der Waals surface area contributed by atoms with Crippen LogP contribution in [0.2, 0.25) is 0 Å². The molecule has 0 aliphatic carbocycles. The van der Waals surface area contributed by atoms with Crippen LogP contribution in [0.5, 0.6) is 0 Å². The van der Waals surface area contributed by atoms with Gasteiger partial charge in [0.1, 0.15) is 0 Å². The second-order valence-corrected chi connectivity index (χ2v) is 3.26. The Balaban J connectivity index is 2.24. The normalized spacial score (nSPS) is 22.7. The van der Waals surface area contributed by atoms with Gasteiger partial charge in [0.05, 0.1) is 6.10 Å². The number of hydrogen-bond donors (Lipinski definition) is 0. The molecule has 0 aromatic carbocycles. The van der Waals surface area contributed by atoms with Crippen LogP contribution in [0, 0.1) is 0 Å². The van der Waals surface area contributed by atoms with Crippen molar-refractivity contribution < 1.29 is 9.53 Å². The van der Waals surface area contributed by atoms with Crippen LogP contribution in [0.25, 0.3) is 0 Å². The van der Waals surface area contributed by atoms with E-state index in [4.69, 9.17) is 4.74 Å². The number of likely N-dealkylation sites (N-methyl/N-ethyl adjacent to an activating group) is 1. The molecule has 1 atom stereocenters. The Morgan fingerprint density at radius 3 is 2.92 bits per heavy atom. The molecule has 0 spiro atoms. The Morgan fingerprint density at radius 1 is 1.67 bits per heavy atom. The van der Waals surface area contributed by atoms with Gasteiger partial charge in [-0.3, -0.25) is 4.79 Å². The third-order valence-corrected chi connectivity index (χ3v) is 2.23. The fraction of sp³-hybridized carbons (Fsp3) is 0.889. The molecule has 0 aromatic rings. The maximum absolute atomic E-state index is 11.2. The molecule has 3 heteroatoms. The zero-order valence-electron chi connectivity index (χ0n) is 7.88. The van der Waals surface area contributed by atoms with Gasteiger partial charge in [0.15, 0.2) is 0 Å². The van der Waals surface area contributed by atoms with Crippen LogP contribution in [0.4, 0.5) is 0 Å². The van der Waals surface area contributed by atoms with Gasteiger partial charge in [-0.15, -0.1) is 0 Å². The van der Waals surface area contributed by atoms with Crippen molar-refractivity contribution in [2.45, 2.75) is 32.3 Å². The first kappa shape index (κ1) is 9.52. The molecule has 0 radical (unpaired) electrons. The Hall–Kier alpha value is -0.570. The van der Waals surface area contributed by atoms with Crippen LogP contribution in [0.15, 0.2) is 0 Å². The summed E-state index contributed by atoms with van der Waals surface area (Å²) in [5.74, 6) is 0.200. The molecule has 0 saturated carbocycles. The Labute approximate surface area is 73.7 Å². The van der Waals surface area contributed by atoms with Crippen molar-refractivity contribution in [1.29, 1.82) is 0 Å². The van der Waals surface area contributed by atoms with Crippen molar-refractivity contribution in [2.24, 2.45) is 0 Å². The van der Waals surface area contributed by atoms with Crippen molar-refractivity contribution in [3.8, 4) is 0 Å². The van der Waals surface area contributed by atoms with Crippen LogP contribution in [0.1, 0.15) is 26.2 Å². The van der Waals surface area contributed by atoms with Crippen molar-refractivity contribution in [3.63, 3.8) is 0 Å². The van der Waals surface area contributed by atoms with Crippen LogP contribution < -0.4 is 0 Å². The lowest BCUT2D eigenvalue weighted by Gasteiger charge is -2.19. The van der Waals surface area contributed by atoms with Gasteiger partial charge < -0.3 is 9.64 Å². The molecule has 12 heavy (non-hydrogen) atoms. The topological polar surface area (TPSA) is 29.5 Å². The highest BCUT2D eigenvalue weighted by molar-refractivity contribution is 5.75. The summed E-state index contributed by atoms with van der Waals surface area (Å²) in [6, 6.07) is 0. The predicted octanol–water partition coefficient (Wildman–Crippen LogP) is 1.03. The summed E-state index contributed by atoms with van der Waals surface area (Å²) in [6.45, 7) is 3.50. The lowest BCUT2D eigenvalue weighted by molar-refractivity contribution is -0.130. The summed E-state index contributed by atoms with van der Waals surface area (Å²) < 4.78 is 5.42. The van der Waals surface area contributed by atoms with Gasteiger partial charge in [-0.05, 0) is 12.8 Å². The van der Waals surface area contributed by atoms with E-state index in [0.717, 1.165) is 26.0 Å². The number of carbonyl (C=O) groups is 1. The molecule has 0 N–H and O–H groups in total. The van der Waals surface area contributed by atoms with Crippen molar-refractivity contribution >= 4 is 5.91 Å². The maximum Gasteiger partial charge on any atom is 0.222 e. The van der Waals surface area contributed by atoms with Crippen LogP contribution >= 0.6 is 0 Å². The average Bonchev–Trinajstić information content (AvgIpc) is 2.55. The average molecular weight is 171 g/mol. The summed E-state index contributed by atoms with van der Waals surface area (Å²) in [6.07, 6.45) is 3.11. The standard InChI is InChI=1S/C9H17NO2/c1-3-9(11)10(2)7-8-5-4-6-12-8/h8H,3-7H2,1-2H3. The molecule has 1 aliphatic heterocycles. The van der Waals surface area contributed by atoms with Gasteiger partial charge in [-0.25, -0.2) is 0 Å². The van der Waals surface area contributed by atoms with E-state index in [2.05, 4.69) is 0 Å². The van der Waals surface area contributed by atoms with Gasteiger partial charge in [0.2, 0.25) is 5.91 Å². The monoisotopic (exact) mass is 171 g/mol. The number of carbonyl (C=O) groups excluding carboxylic acids is 1. The van der Waals surface area contributed by atoms with Gasteiger partial charge >= 0.3 is 0 Å². The fourth-order valence-corrected chi connectivity index (χ4v) is 1.47. The lowest BCUT2D eigenvalue weighted by Crippen LogP contribution is -2.33. The first-order chi connectivity index (χ1) is 5.74. The van der Waals surface area contributed by atoms with E-state index in [1.165, 1.54) is 0 Å². The zero-order valence-corrected chi connectivity index (χ0v) is 7.88. The summed E-state index contributed by atoms with van der Waals surface area (Å²) >= 11 is 0. The molecular formula is C9H17NO2. The molecule has 1 saturated heterocycles. The number of nitrogens with zero attached hydrogens (tertiary/aromatic N) is 1. The minimum absolute atomic E-state index is 0.200. The minimum atomic E-state index is 0.200. The number of amides is 1. The van der Waals surface area contributed by atoms with Gasteiger partial charge in [-0.1, -0.05) is 6.92 Å². The highest BCUT2D eigenvalue weighted by Crippen LogP contribution is 2.12. The predicted molar refractivity (Wildman–Crippen MR) is 46.9 cm³/mol. The van der Waals surface area contributed by atoms with E-state index in [9.17, 15) is 4.79 Å². The Kier molecular flexibility index (Phi) is 3.53. The molecule has 1 fully saturated rings. The highest BCUT2D eigenvalue weighted by Gasteiger charge is 2.18. The fourth-order valence-electron chi connectivity index (χ4n) is 1.47. The van der Waals surface area contributed by atoms with Crippen molar-refractivity contribution in [1.82, 2.24) is 4.90 Å². The molecule has 1 heterocycles. The molecular weight excluding hydrogens is 154 g/mol. The zero-order chi connectivity index (χ0) is 8.97. The van der Waals surface area contributed by atoms with Gasteiger partial charge in [0, 0.05) is 26.6 Å². The van der Waals surface area contributed by atoms with Crippen LogP contribution in [0.3, 0.4) is 0 Å². The summed E-state index contributed by atoms with van der Waals surface area (Å²) in [4.78, 5) is 12.9. The molecule has 70 valence electrons. The van der Waals surface area contributed by atoms with Crippen molar-refractivity contribution in [3.05, 3.63) is 0 Å². The maximum atomic E-state index is 11.2. The third-order valence-electron chi connectivity index (χ3n) is 2.23. The molecule has 1 aliphatic rings. The number of hydrogen-bond acceptors (Lipinski definition) is 2. The molecule has 1 rings (SSSR count). The summed E-state index contributed by atoms with van der Waals surface area (Å²) in [7, 11) is 1.84. The second kappa shape index (κ2) is 4.45. The summed E-state index contributed by atoms with van der Waals surface area (Å²) in [5.41, 5.74) is 0. The molecule has 1 unspecified atom stereocenters. The SMILES string of the molecule is CCC(=O)N(C)CC1CCCO1. The minimum Gasteiger partial charge on any atom is -0.376 e. The number of ether oxygens (including phenoxy) is 1. The Morgan fingerprint density at radius 2 is 2.42 bits per heavy atom. The molecule has 1 amide bonds. The number of rotatable bonds is 3. The van der Waals surface area contributed by atoms with Gasteiger partial charge in [-0.2, -0.15) is 0 Å². The quantitative estimate of drug-likeness (QED) is 0.635. The lowest BCUT2D eigenvalue weighted by atomic mass is 10.2. The summed E-state index contributed by atoms with van der Waals surface area (Å²) in [5, 5.41) is 0. The largest absolute Gasteiger partial charge is 0.376 e. The van der Waals surface area contributed by atoms with E-state index in [1.807, 2.05) is 14.0 Å². The first-order valence-corrected chi connectivity index (χ1v) is 4.59. The first-order valence-electron chi connectivity index (χ1n) is 4.59. The van der Waals surface area contributed by atoms with E-state index in [1.54, 1.807) is 4.90 Å². The van der Waals surface area contributed by atoms with Crippen LogP contribution in [-0.4, -0.2) is 37.1 Å². The van der Waals surface area contributed by atoms with Crippen LogP contribution in [-0.2, 0) is 9.53 Å². The third kappa shape index (κ3) is 2.48. The van der Waals surface area contributed by atoms with E-state index in [0.29, 0.717) is 6.42 Å². The molecule has 3 nitrogen and oxygen atoms in total. The molecule has 0 bridgehead atoms. The van der Waals surface area contributed by atoms with E-state index >= 15 is 0 Å². The molecule has 0 aromatic heterocycles. The van der Waals surface area contributed by atoms with Gasteiger partial charge in [0.25, 0.3) is 0 Å². The second-order valence-electron chi connectivity index (χ2n) is 3.26. The highest BCUT2D eigenvalue weighted by atomic mass is 16.5.